The average Bonchev–Trinajstić information content (AvgIpc) is 2.75. The molecule has 3 nitrogen and oxygen atoms in total. The first kappa shape index (κ1) is 12.7. The molecule has 0 aliphatic heterocycles. The van der Waals surface area contributed by atoms with Crippen LogP contribution in [-0.4, -0.2) is 17.7 Å². The lowest BCUT2D eigenvalue weighted by atomic mass is 10.2. The van der Waals surface area contributed by atoms with Crippen LogP contribution in [0, 0.1) is 6.92 Å². The van der Waals surface area contributed by atoms with Crippen molar-refractivity contribution in [1.29, 1.82) is 0 Å². The zero-order valence-corrected chi connectivity index (χ0v) is 11.0. The summed E-state index contributed by atoms with van der Waals surface area (Å²) < 4.78 is 7.72. The van der Waals surface area contributed by atoms with E-state index in [0.29, 0.717) is 6.61 Å². The van der Waals surface area contributed by atoms with E-state index < -0.39 is 0 Å². The molecule has 2 aromatic rings. The van der Waals surface area contributed by atoms with E-state index in [1.165, 1.54) is 11.1 Å². The van der Waals surface area contributed by atoms with Crippen molar-refractivity contribution in [2.75, 3.05) is 13.2 Å². The molecule has 0 saturated heterocycles. The van der Waals surface area contributed by atoms with Crippen molar-refractivity contribution in [3.8, 4) is 5.75 Å². The van der Waals surface area contributed by atoms with Gasteiger partial charge in [-0.3, -0.25) is 0 Å². The molecule has 0 aliphatic carbocycles. The highest BCUT2D eigenvalue weighted by molar-refractivity contribution is 5.27. The normalized spacial score (nSPS) is 10.6. The molecule has 2 rings (SSSR count). The molecular formula is C15H20N2O. The topological polar surface area (TPSA) is 26.2 Å². The Morgan fingerprint density at radius 1 is 1.28 bits per heavy atom. The third-order valence-electron chi connectivity index (χ3n) is 2.76. The highest BCUT2D eigenvalue weighted by Gasteiger charge is 1.95. The highest BCUT2D eigenvalue weighted by Crippen LogP contribution is 2.11. The molecule has 0 saturated carbocycles. The van der Waals surface area contributed by atoms with Gasteiger partial charge in [0.05, 0.1) is 0 Å². The average molecular weight is 244 g/mol. The van der Waals surface area contributed by atoms with Gasteiger partial charge in [-0.1, -0.05) is 12.1 Å². The smallest absolute Gasteiger partial charge is 0.119 e. The van der Waals surface area contributed by atoms with E-state index in [9.17, 15) is 0 Å². The van der Waals surface area contributed by atoms with Gasteiger partial charge >= 0.3 is 0 Å². The quantitative estimate of drug-likeness (QED) is 0.790. The summed E-state index contributed by atoms with van der Waals surface area (Å²) in [4.78, 5) is 0. The molecule has 96 valence electrons. The van der Waals surface area contributed by atoms with E-state index in [1.807, 2.05) is 19.2 Å². The lowest BCUT2D eigenvalue weighted by molar-refractivity contribution is 0.313. The van der Waals surface area contributed by atoms with Crippen LogP contribution in [-0.2, 0) is 13.6 Å². The zero-order chi connectivity index (χ0) is 12.8. The molecule has 0 atom stereocenters. The van der Waals surface area contributed by atoms with Crippen LogP contribution >= 0.6 is 0 Å². The number of rotatable bonds is 6. The van der Waals surface area contributed by atoms with Crippen LogP contribution in [0.5, 0.6) is 5.75 Å². The summed E-state index contributed by atoms with van der Waals surface area (Å²) in [5, 5.41) is 3.36. The molecule has 0 aliphatic rings. The highest BCUT2D eigenvalue weighted by atomic mass is 16.5. The van der Waals surface area contributed by atoms with Crippen LogP contribution in [0.25, 0.3) is 0 Å². The summed E-state index contributed by atoms with van der Waals surface area (Å²) in [6.45, 7) is 4.50. The number of hydrogen-bond acceptors (Lipinski definition) is 2. The minimum atomic E-state index is 0.691. The van der Waals surface area contributed by atoms with E-state index in [0.717, 1.165) is 18.8 Å². The van der Waals surface area contributed by atoms with Crippen molar-refractivity contribution in [2.45, 2.75) is 13.5 Å². The Balaban J connectivity index is 1.64. The maximum atomic E-state index is 5.66. The largest absolute Gasteiger partial charge is 0.492 e. The molecule has 1 N–H and O–H groups in total. The summed E-state index contributed by atoms with van der Waals surface area (Å²) in [6.07, 6.45) is 4.18. The van der Waals surface area contributed by atoms with Gasteiger partial charge in [0.25, 0.3) is 0 Å². The van der Waals surface area contributed by atoms with Gasteiger partial charge in [-0.05, 0) is 36.2 Å². The third-order valence-corrected chi connectivity index (χ3v) is 2.76. The second kappa shape index (κ2) is 6.26. The number of hydrogen-bond donors (Lipinski definition) is 1. The Kier molecular flexibility index (Phi) is 4.42. The van der Waals surface area contributed by atoms with Gasteiger partial charge < -0.3 is 14.6 Å². The maximum Gasteiger partial charge on any atom is 0.119 e. The van der Waals surface area contributed by atoms with Gasteiger partial charge in [-0.25, -0.2) is 0 Å². The van der Waals surface area contributed by atoms with Crippen molar-refractivity contribution >= 4 is 0 Å². The molecule has 18 heavy (non-hydrogen) atoms. The van der Waals surface area contributed by atoms with Crippen molar-refractivity contribution < 1.29 is 4.74 Å². The number of benzene rings is 1. The molecule has 0 amide bonds. The van der Waals surface area contributed by atoms with Crippen molar-refractivity contribution in [1.82, 2.24) is 9.88 Å². The predicted molar refractivity (Wildman–Crippen MR) is 73.8 cm³/mol. The van der Waals surface area contributed by atoms with Gasteiger partial charge in [0.15, 0.2) is 0 Å². The summed E-state index contributed by atoms with van der Waals surface area (Å²) in [5.74, 6) is 0.941. The molecular weight excluding hydrogens is 224 g/mol. The van der Waals surface area contributed by atoms with Gasteiger partial charge in [-0.15, -0.1) is 0 Å². The molecule has 0 fully saturated rings. The summed E-state index contributed by atoms with van der Waals surface area (Å²) in [5.41, 5.74) is 2.53. The fourth-order valence-corrected chi connectivity index (χ4v) is 1.84. The SMILES string of the molecule is Cc1cccc(OCCNCc2ccn(C)c2)c1. The van der Waals surface area contributed by atoms with E-state index in [2.05, 4.69) is 47.4 Å². The fourth-order valence-electron chi connectivity index (χ4n) is 1.84. The van der Waals surface area contributed by atoms with E-state index in [4.69, 9.17) is 4.74 Å². The molecule has 1 aromatic heterocycles. The number of ether oxygens (including phenoxy) is 1. The lowest BCUT2D eigenvalue weighted by Gasteiger charge is -2.07. The Morgan fingerprint density at radius 3 is 2.89 bits per heavy atom. The van der Waals surface area contributed by atoms with Crippen LogP contribution in [0.3, 0.4) is 0 Å². The summed E-state index contributed by atoms with van der Waals surface area (Å²) in [7, 11) is 2.03. The van der Waals surface area contributed by atoms with Crippen LogP contribution in [0.2, 0.25) is 0 Å². The van der Waals surface area contributed by atoms with E-state index in [-0.39, 0.29) is 0 Å². The van der Waals surface area contributed by atoms with Gasteiger partial charge in [0.1, 0.15) is 12.4 Å². The van der Waals surface area contributed by atoms with Crippen LogP contribution in [0.15, 0.2) is 42.7 Å². The van der Waals surface area contributed by atoms with Crippen LogP contribution in [0.1, 0.15) is 11.1 Å². The molecule has 1 heterocycles. The number of aryl methyl sites for hydroxylation is 2. The first-order chi connectivity index (χ1) is 8.74. The minimum Gasteiger partial charge on any atom is -0.492 e. The second-order valence-corrected chi connectivity index (χ2v) is 4.53. The summed E-state index contributed by atoms with van der Waals surface area (Å²) >= 11 is 0. The number of aromatic nitrogens is 1. The number of nitrogens with one attached hydrogen (secondary N) is 1. The Labute approximate surface area is 108 Å². The minimum absolute atomic E-state index is 0.691. The fraction of sp³-hybridized carbons (Fsp3) is 0.333. The molecule has 0 bridgehead atoms. The molecule has 1 aromatic carbocycles. The van der Waals surface area contributed by atoms with Crippen molar-refractivity contribution in [2.24, 2.45) is 7.05 Å². The Morgan fingerprint density at radius 2 is 2.17 bits per heavy atom. The van der Waals surface area contributed by atoms with Gasteiger partial charge in [-0.2, -0.15) is 0 Å². The second-order valence-electron chi connectivity index (χ2n) is 4.53. The Hall–Kier alpha value is -1.74. The predicted octanol–water partition coefficient (Wildman–Crippen LogP) is 2.50. The molecule has 3 heteroatoms. The van der Waals surface area contributed by atoms with Gasteiger partial charge in [0.2, 0.25) is 0 Å². The zero-order valence-electron chi connectivity index (χ0n) is 11.0. The van der Waals surface area contributed by atoms with Crippen molar-refractivity contribution in [3.05, 3.63) is 53.9 Å². The molecule has 0 unspecified atom stereocenters. The molecule has 0 spiro atoms. The summed E-state index contributed by atoms with van der Waals surface area (Å²) in [6, 6.07) is 10.2. The Bertz CT molecular complexity index is 491. The maximum absolute atomic E-state index is 5.66. The monoisotopic (exact) mass is 244 g/mol. The van der Waals surface area contributed by atoms with E-state index >= 15 is 0 Å². The first-order valence-electron chi connectivity index (χ1n) is 6.25. The lowest BCUT2D eigenvalue weighted by Crippen LogP contribution is -2.20. The van der Waals surface area contributed by atoms with E-state index in [1.54, 1.807) is 0 Å². The van der Waals surface area contributed by atoms with Crippen LogP contribution in [0.4, 0.5) is 0 Å². The number of nitrogens with zero attached hydrogens (tertiary/aromatic N) is 1. The molecule has 0 radical (unpaired) electrons. The van der Waals surface area contributed by atoms with Crippen LogP contribution < -0.4 is 10.1 Å². The van der Waals surface area contributed by atoms with Gasteiger partial charge in [0, 0.05) is 32.5 Å². The first-order valence-corrected chi connectivity index (χ1v) is 6.25. The standard InChI is InChI=1S/C15H20N2O/c1-13-4-3-5-15(10-13)18-9-7-16-11-14-6-8-17(2)12-14/h3-6,8,10,12,16H,7,9,11H2,1-2H3. The third kappa shape index (κ3) is 3.93. The van der Waals surface area contributed by atoms with Crippen molar-refractivity contribution in [3.63, 3.8) is 0 Å².